The first-order chi connectivity index (χ1) is 8.68. The van der Waals surface area contributed by atoms with E-state index in [1.807, 2.05) is 19.9 Å². The summed E-state index contributed by atoms with van der Waals surface area (Å²) >= 11 is 0. The Morgan fingerprint density at radius 1 is 1.37 bits per heavy atom. The van der Waals surface area contributed by atoms with E-state index in [1.54, 1.807) is 7.11 Å². The molecule has 2 rings (SSSR count). The Morgan fingerprint density at radius 2 is 2.00 bits per heavy atom. The molecule has 0 aliphatic heterocycles. The highest BCUT2D eigenvalue weighted by molar-refractivity contribution is 6.04. The number of fused-ring (bicyclic) bond motifs is 1. The van der Waals surface area contributed by atoms with Crippen LogP contribution < -0.4 is 0 Å². The third kappa shape index (κ3) is 2.03. The van der Waals surface area contributed by atoms with Crippen LogP contribution in [0.4, 0.5) is 0 Å². The molecule has 3 heteroatoms. The molecule has 0 heterocycles. The summed E-state index contributed by atoms with van der Waals surface area (Å²) in [5, 5.41) is 9.22. The zero-order chi connectivity index (χ0) is 14.5. The van der Waals surface area contributed by atoms with E-state index in [-0.39, 0.29) is 22.7 Å². The van der Waals surface area contributed by atoms with Crippen LogP contribution in [0.15, 0.2) is 11.6 Å². The smallest absolute Gasteiger partial charge is 0.178 e. The van der Waals surface area contributed by atoms with Crippen LogP contribution in [0.2, 0.25) is 0 Å². The highest BCUT2D eigenvalue weighted by Crippen LogP contribution is 2.57. The van der Waals surface area contributed by atoms with Gasteiger partial charge < -0.3 is 4.74 Å². The average molecular weight is 261 g/mol. The number of allylic oxidation sites excluding steroid dienone is 2. The van der Waals surface area contributed by atoms with Gasteiger partial charge in [-0.25, -0.2) is 0 Å². The molecule has 2 aliphatic carbocycles. The van der Waals surface area contributed by atoms with Gasteiger partial charge in [0.05, 0.1) is 11.2 Å². The molecule has 3 atom stereocenters. The van der Waals surface area contributed by atoms with Crippen molar-refractivity contribution < 1.29 is 9.53 Å². The molecule has 0 spiro atoms. The summed E-state index contributed by atoms with van der Waals surface area (Å²) in [4.78, 5) is 12.4. The van der Waals surface area contributed by atoms with Crippen LogP contribution >= 0.6 is 0 Å². The van der Waals surface area contributed by atoms with Crippen molar-refractivity contribution in [2.75, 3.05) is 7.11 Å². The highest BCUT2D eigenvalue weighted by atomic mass is 16.5. The molecule has 0 N–H and O–H groups in total. The number of nitrogens with zero attached hydrogens (tertiary/aromatic N) is 1. The van der Waals surface area contributed by atoms with E-state index >= 15 is 0 Å². The summed E-state index contributed by atoms with van der Waals surface area (Å²) in [5.41, 5.74) is -0.419. The monoisotopic (exact) mass is 261 g/mol. The zero-order valence-electron chi connectivity index (χ0n) is 12.5. The molecule has 0 aromatic carbocycles. The molecular weight excluding hydrogens is 238 g/mol. The fraction of sp³-hybridized carbons (Fsp3) is 0.750. The van der Waals surface area contributed by atoms with Gasteiger partial charge in [0.1, 0.15) is 6.07 Å². The SMILES string of the molecule is CO[C@@]1(C)CC[C@@H]2C(C)(C)C(=O)C(C#N)=C[C@@]2(C)C1. The van der Waals surface area contributed by atoms with Gasteiger partial charge in [0.15, 0.2) is 5.78 Å². The number of Topliss-reactive ketones (excluding diaryl/α,β-unsaturated/α-hetero) is 1. The molecule has 1 saturated carbocycles. The topological polar surface area (TPSA) is 50.1 Å². The van der Waals surface area contributed by atoms with Crippen molar-refractivity contribution in [3.63, 3.8) is 0 Å². The Kier molecular flexibility index (Phi) is 3.14. The van der Waals surface area contributed by atoms with Crippen LogP contribution in [0, 0.1) is 28.1 Å². The molecule has 19 heavy (non-hydrogen) atoms. The summed E-state index contributed by atoms with van der Waals surface area (Å²) < 4.78 is 5.66. The van der Waals surface area contributed by atoms with E-state index in [4.69, 9.17) is 4.74 Å². The standard InChI is InChI=1S/C16H23NO2/c1-14(2)12-6-7-16(4,19-5)10-15(12,3)8-11(9-17)13(14)18/h8,12H,6-7,10H2,1-5H3/t12-,15+,16+/m1/s1. The van der Waals surface area contributed by atoms with Gasteiger partial charge >= 0.3 is 0 Å². The van der Waals surface area contributed by atoms with Crippen LogP contribution in [-0.2, 0) is 9.53 Å². The van der Waals surface area contributed by atoms with E-state index in [9.17, 15) is 10.1 Å². The Balaban J connectivity index is 2.50. The Bertz CT molecular complexity index is 485. The van der Waals surface area contributed by atoms with Gasteiger partial charge in [-0.2, -0.15) is 5.26 Å². The predicted molar refractivity (Wildman–Crippen MR) is 73.3 cm³/mol. The van der Waals surface area contributed by atoms with Crippen molar-refractivity contribution in [3.8, 4) is 6.07 Å². The van der Waals surface area contributed by atoms with Crippen molar-refractivity contribution in [1.29, 1.82) is 5.26 Å². The van der Waals surface area contributed by atoms with Crippen LogP contribution in [0.1, 0.15) is 47.0 Å². The maximum absolute atomic E-state index is 12.4. The van der Waals surface area contributed by atoms with Gasteiger partial charge in [0.25, 0.3) is 0 Å². The molecule has 0 unspecified atom stereocenters. The number of ketones is 1. The second-order valence-corrected chi connectivity index (χ2v) is 7.15. The van der Waals surface area contributed by atoms with E-state index in [0.29, 0.717) is 5.57 Å². The van der Waals surface area contributed by atoms with Crippen LogP contribution in [0.5, 0.6) is 0 Å². The largest absolute Gasteiger partial charge is 0.378 e. The lowest BCUT2D eigenvalue weighted by Crippen LogP contribution is -2.53. The maximum Gasteiger partial charge on any atom is 0.178 e. The minimum absolute atomic E-state index is 0.00139. The first-order valence-electron chi connectivity index (χ1n) is 6.91. The maximum atomic E-state index is 12.4. The van der Waals surface area contributed by atoms with Crippen LogP contribution in [-0.4, -0.2) is 18.5 Å². The van der Waals surface area contributed by atoms with Crippen LogP contribution in [0.25, 0.3) is 0 Å². The number of carbonyl (C=O) groups excluding carboxylic acids is 1. The number of hydrogen-bond acceptors (Lipinski definition) is 3. The lowest BCUT2D eigenvalue weighted by molar-refractivity contribution is -0.139. The Hall–Kier alpha value is -1.14. The Labute approximate surface area is 115 Å². The van der Waals surface area contributed by atoms with E-state index in [0.717, 1.165) is 19.3 Å². The predicted octanol–water partition coefficient (Wildman–Crippen LogP) is 3.26. The number of hydrogen-bond donors (Lipinski definition) is 0. The zero-order valence-corrected chi connectivity index (χ0v) is 12.5. The number of rotatable bonds is 1. The van der Waals surface area contributed by atoms with Crippen molar-refractivity contribution in [1.82, 2.24) is 0 Å². The minimum atomic E-state index is -0.455. The quantitative estimate of drug-likeness (QED) is 0.728. The summed E-state index contributed by atoms with van der Waals surface area (Å²) in [6.45, 7) is 8.26. The second kappa shape index (κ2) is 4.18. The highest BCUT2D eigenvalue weighted by Gasteiger charge is 2.55. The fourth-order valence-electron chi connectivity index (χ4n) is 4.29. The first kappa shape index (κ1) is 14.3. The molecule has 0 radical (unpaired) electrons. The molecule has 3 nitrogen and oxygen atoms in total. The normalized spacial score (nSPS) is 41.2. The fourth-order valence-corrected chi connectivity index (χ4v) is 4.29. The molecule has 0 aromatic heterocycles. The van der Waals surface area contributed by atoms with Gasteiger partial charge in [-0.3, -0.25) is 4.79 Å². The number of methoxy groups -OCH3 is 1. The van der Waals surface area contributed by atoms with Crippen molar-refractivity contribution >= 4 is 5.78 Å². The number of ether oxygens (including phenoxy) is 1. The minimum Gasteiger partial charge on any atom is -0.378 e. The Morgan fingerprint density at radius 3 is 2.53 bits per heavy atom. The van der Waals surface area contributed by atoms with Gasteiger partial charge in [0.2, 0.25) is 0 Å². The number of nitriles is 1. The average Bonchev–Trinajstić information content (AvgIpc) is 2.33. The van der Waals surface area contributed by atoms with Crippen molar-refractivity contribution in [2.24, 2.45) is 16.7 Å². The van der Waals surface area contributed by atoms with Gasteiger partial charge in [0, 0.05) is 12.5 Å². The molecule has 104 valence electrons. The van der Waals surface area contributed by atoms with Crippen molar-refractivity contribution in [2.45, 2.75) is 52.6 Å². The molecule has 0 saturated heterocycles. The van der Waals surface area contributed by atoms with Gasteiger partial charge in [-0.05, 0) is 37.5 Å². The summed E-state index contributed by atoms with van der Waals surface area (Å²) in [6, 6.07) is 2.08. The summed E-state index contributed by atoms with van der Waals surface area (Å²) in [6.07, 6.45) is 4.70. The lowest BCUT2D eigenvalue weighted by atomic mass is 9.50. The first-order valence-corrected chi connectivity index (χ1v) is 6.91. The molecule has 1 fully saturated rings. The third-order valence-corrected chi connectivity index (χ3v) is 5.30. The van der Waals surface area contributed by atoms with Gasteiger partial charge in [-0.1, -0.05) is 26.8 Å². The van der Waals surface area contributed by atoms with E-state index in [2.05, 4.69) is 19.9 Å². The van der Waals surface area contributed by atoms with E-state index in [1.165, 1.54) is 0 Å². The van der Waals surface area contributed by atoms with Crippen LogP contribution in [0.3, 0.4) is 0 Å². The summed E-state index contributed by atoms with van der Waals surface area (Å²) in [7, 11) is 1.75. The molecule has 0 bridgehead atoms. The molecule has 0 aromatic rings. The molecule has 2 aliphatic rings. The van der Waals surface area contributed by atoms with Gasteiger partial charge in [-0.15, -0.1) is 0 Å². The van der Waals surface area contributed by atoms with E-state index < -0.39 is 5.41 Å². The second-order valence-electron chi connectivity index (χ2n) is 7.15. The molecular formula is C16H23NO2. The lowest BCUT2D eigenvalue weighted by Gasteiger charge is -2.54. The van der Waals surface area contributed by atoms with Crippen molar-refractivity contribution in [3.05, 3.63) is 11.6 Å². The molecule has 0 amide bonds. The third-order valence-electron chi connectivity index (χ3n) is 5.30. The number of carbonyl (C=O) groups is 1. The summed E-state index contributed by atoms with van der Waals surface area (Å²) in [5.74, 6) is 0.284.